The van der Waals surface area contributed by atoms with Crippen molar-refractivity contribution < 1.29 is 4.79 Å². The molecule has 0 spiro atoms. The molecule has 5 nitrogen and oxygen atoms in total. The van der Waals surface area contributed by atoms with Crippen molar-refractivity contribution in [3.63, 3.8) is 0 Å². The van der Waals surface area contributed by atoms with Crippen LogP contribution in [0.15, 0.2) is 35.8 Å². The SMILES string of the molecule is CN(c1cccnn1)[C@@H]1CC[C@@H]2CN(C(=O)CCc3cccs3)C[C@@H]21. The van der Waals surface area contributed by atoms with E-state index in [-0.39, 0.29) is 0 Å². The zero-order valence-electron chi connectivity index (χ0n) is 14.5. The van der Waals surface area contributed by atoms with Crippen molar-refractivity contribution in [1.29, 1.82) is 0 Å². The molecule has 0 N–H and O–H groups in total. The Labute approximate surface area is 152 Å². The normalized spacial score (nSPS) is 25.2. The highest BCUT2D eigenvalue weighted by Gasteiger charge is 2.45. The Balaban J connectivity index is 1.37. The van der Waals surface area contributed by atoms with E-state index in [9.17, 15) is 4.79 Å². The molecule has 4 rings (SSSR count). The maximum absolute atomic E-state index is 12.6. The molecule has 1 aliphatic carbocycles. The van der Waals surface area contributed by atoms with Crippen LogP contribution in [0, 0.1) is 11.8 Å². The molecule has 0 bridgehead atoms. The monoisotopic (exact) mass is 356 g/mol. The Bertz CT molecular complexity index is 705. The minimum absolute atomic E-state index is 0.309. The second-order valence-electron chi connectivity index (χ2n) is 7.14. The van der Waals surface area contributed by atoms with Crippen molar-refractivity contribution in [3.8, 4) is 0 Å². The fraction of sp³-hybridized carbons (Fsp3) is 0.526. The van der Waals surface area contributed by atoms with Crippen LogP contribution in [-0.4, -0.2) is 47.2 Å². The van der Waals surface area contributed by atoms with Crippen LogP contribution in [-0.2, 0) is 11.2 Å². The van der Waals surface area contributed by atoms with E-state index in [4.69, 9.17) is 0 Å². The first-order valence-electron chi connectivity index (χ1n) is 9.03. The quantitative estimate of drug-likeness (QED) is 0.827. The van der Waals surface area contributed by atoms with Crippen molar-refractivity contribution in [2.45, 2.75) is 31.7 Å². The van der Waals surface area contributed by atoms with Crippen molar-refractivity contribution in [1.82, 2.24) is 15.1 Å². The molecule has 2 aromatic rings. The number of carbonyl (C=O) groups excluding carboxylic acids is 1. The minimum atomic E-state index is 0.309. The molecule has 2 fully saturated rings. The molecule has 6 heteroatoms. The third-order valence-electron chi connectivity index (χ3n) is 5.75. The number of amides is 1. The van der Waals surface area contributed by atoms with Crippen molar-refractivity contribution in [2.75, 3.05) is 25.0 Å². The van der Waals surface area contributed by atoms with Crippen LogP contribution >= 0.6 is 11.3 Å². The largest absolute Gasteiger partial charge is 0.355 e. The van der Waals surface area contributed by atoms with Crippen LogP contribution in [0.1, 0.15) is 24.1 Å². The maximum Gasteiger partial charge on any atom is 0.222 e. The number of aryl methyl sites for hydroxylation is 1. The van der Waals surface area contributed by atoms with Crippen LogP contribution < -0.4 is 4.90 Å². The summed E-state index contributed by atoms with van der Waals surface area (Å²) in [6, 6.07) is 8.57. The van der Waals surface area contributed by atoms with E-state index in [1.807, 2.05) is 12.1 Å². The van der Waals surface area contributed by atoms with E-state index in [2.05, 4.69) is 44.6 Å². The predicted octanol–water partition coefficient (Wildman–Crippen LogP) is 2.84. The van der Waals surface area contributed by atoms with Gasteiger partial charge in [-0.1, -0.05) is 6.07 Å². The molecular formula is C19H24N4OS. The summed E-state index contributed by atoms with van der Waals surface area (Å²) < 4.78 is 0. The highest BCUT2D eigenvalue weighted by Crippen LogP contribution is 2.41. The Kier molecular flexibility index (Phi) is 4.70. The van der Waals surface area contributed by atoms with Crippen LogP contribution in [0.2, 0.25) is 0 Å². The van der Waals surface area contributed by atoms with Gasteiger partial charge >= 0.3 is 0 Å². The molecule has 0 unspecified atom stereocenters. The lowest BCUT2D eigenvalue weighted by molar-refractivity contribution is -0.130. The summed E-state index contributed by atoms with van der Waals surface area (Å²) in [4.78, 5) is 18.3. The Hall–Kier alpha value is -1.95. The van der Waals surface area contributed by atoms with Gasteiger partial charge in [0.2, 0.25) is 5.91 Å². The molecule has 1 saturated carbocycles. The number of aromatic nitrogens is 2. The molecule has 2 aromatic heterocycles. The smallest absolute Gasteiger partial charge is 0.222 e. The van der Waals surface area contributed by atoms with E-state index in [0.717, 1.165) is 25.3 Å². The standard InChI is InChI=1S/C19H24N4OS/c1-22(18-5-2-10-20-21-18)17-8-6-14-12-23(13-16(14)17)19(24)9-7-15-4-3-11-25-15/h2-5,10-11,14,16-17H,6-9,12-13H2,1H3/t14-,16+,17-/m1/s1. The van der Waals surface area contributed by atoms with E-state index in [1.54, 1.807) is 17.5 Å². The third-order valence-corrected chi connectivity index (χ3v) is 6.69. The molecule has 3 heterocycles. The number of fused-ring (bicyclic) bond motifs is 1. The van der Waals surface area contributed by atoms with E-state index in [0.29, 0.717) is 30.2 Å². The second-order valence-corrected chi connectivity index (χ2v) is 8.17. The molecule has 25 heavy (non-hydrogen) atoms. The lowest BCUT2D eigenvalue weighted by Gasteiger charge is -2.30. The molecule has 1 saturated heterocycles. The average Bonchev–Trinajstić information content (AvgIpc) is 3.36. The van der Waals surface area contributed by atoms with Crippen LogP contribution in [0.3, 0.4) is 0 Å². The topological polar surface area (TPSA) is 49.3 Å². The van der Waals surface area contributed by atoms with Gasteiger partial charge in [-0.25, -0.2) is 0 Å². The van der Waals surface area contributed by atoms with Crippen molar-refractivity contribution in [3.05, 3.63) is 40.7 Å². The van der Waals surface area contributed by atoms with Gasteiger partial charge in [0, 0.05) is 49.6 Å². The van der Waals surface area contributed by atoms with Gasteiger partial charge in [-0.05, 0) is 48.8 Å². The summed E-state index contributed by atoms with van der Waals surface area (Å²) >= 11 is 1.74. The molecule has 132 valence electrons. The maximum atomic E-state index is 12.6. The highest BCUT2D eigenvalue weighted by molar-refractivity contribution is 7.09. The molecule has 2 aliphatic rings. The van der Waals surface area contributed by atoms with Gasteiger partial charge in [0.05, 0.1) is 0 Å². The fourth-order valence-corrected chi connectivity index (χ4v) is 5.12. The molecule has 1 aliphatic heterocycles. The van der Waals surface area contributed by atoms with Crippen LogP contribution in [0.25, 0.3) is 0 Å². The van der Waals surface area contributed by atoms with Gasteiger partial charge in [-0.2, -0.15) is 5.10 Å². The van der Waals surface area contributed by atoms with Crippen LogP contribution in [0.4, 0.5) is 5.82 Å². The molecule has 1 amide bonds. The number of hydrogen-bond acceptors (Lipinski definition) is 5. The summed E-state index contributed by atoms with van der Waals surface area (Å²) in [6.45, 7) is 1.82. The number of anilines is 1. The number of hydrogen-bond donors (Lipinski definition) is 0. The predicted molar refractivity (Wildman–Crippen MR) is 99.7 cm³/mol. The molecule has 3 atom stereocenters. The summed E-state index contributed by atoms with van der Waals surface area (Å²) in [5.41, 5.74) is 0. The Morgan fingerprint density at radius 1 is 1.32 bits per heavy atom. The number of nitrogens with zero attached hydrogens (tertiary/aromatic N) is 4. The first kappa shape index (κ1) is 16.5. The Morgan fingerprint density at radius 3 is 3.00 bits per heavy atom. The van der Waals surface area contributed by atoms with Crippen molar-refractivity contribution in [2.24, 2.45) is 11.8 Å². The number of carbonyl (C=O) groups is 1. The van der Waals surface area contributed by atoms with E-state index >= 15 is 0 Å². The average molecular weight is 356 g/mol. The van der Waals surface area contributed by atoms with E-state index in [1.165, 1.54) is 17.7 Å². The lowest BCUT2D eigenvalue weighted by Crippen LogP contribution is -2.39. The van der Waals surface area contributed by atoms with Gasteiger partial charge < -0.3 is 9.80 Å². The van der Waals surface area contributed by atoms with E-state index < -0.39 is 0 Å². The number of rotatable bonds is 5. The Morgan fingerprint density at radius 2 is 2.24 bits per heavy atom. The second kappa shape index (κ2) is 7.12. The summed E-state index contributed by atoms with van der Waals surface area (Å²) in [5, 5.41) is 10.3. The molecule has 0 radical (unpaired) electrons. The molecule has 0 aromatic carbocycles. The van der Waals surface area contributed by atoms with Gasteiger partial charge in [-0.15, -0.1) is 16.4 Å². The fourth-order valence-electron chi connectivity index (χ4n) is 4.42. The summed E-state index contributed by atoms with van der Waals surface area (Å²) in [7, 11) is 2.11. The number of likely N-dealkylation sites (tertiary alicyclic amines) is 1. The first-order chi connectivity index (χ1) is 12.2. The van der Waals surface area contributed by atoms with Gasteiger partial charge in [0.25, 0.3) is 0 Å². The first-order valence-corrected chi connectivity index (χ1v) is 9.91. The minimum Gasteiger partial charge on any atom is -0.355 e. The zero-order valence-corrected chi connectivity index (χ0v) is 15.4. The zero-order chi connectivity index (χ0) is 17.2. The summed E-state index contributed by atoms with van der Waals surface area (Å²) in [5.74, 6) is 2.42. The molecular weight excluding hydrogens is 332 g/mol. The highest BCUT2D eigenvalue weighted by atomic mass is 32.1. The van der Waals surface area contributed by atoms with Crippen LogP contribution in [0.5, 0.6) is 0 Å². The number of thiophene rings is 1. The van der Waals surface area contributed by atoms with Gasteiger partial charge in [0.15, 0.2) is 5.82 Å². The van der Waals surface area contributed by atoms with Crippen molar-refractivity contribution >= 4 is 23.1 Å². The lowest BCUT2D eigenvalue weighted by atomic mass is 9.97. The van der Waals surface area contributed by atoms with Gasteiger partial charge in [-0.3, -0.25) is 4.79 Å². The van der Waals surface area contributed by atoms with Gasteiger partial charge in [0.1, 0.15) is 0 Å². The third kappa shape index (κ3) is 3.40. The summed E-state index contributed by atoms with van der Waals surface area (Å²) in [6.07, 6.45) is 5.59.